The van der Waals surface area contributed by atoms with Gasteiger partial charge in [0.25, 0.3) is 5.91 Å². The summed E-state index contributed by atoms with van der Waals surface area (Å²) < 4.78 is 6.07. The average Bonchev–Trinajstić information content (AvgIpc) is 3.38. The zero-order chi connectivity index (χ0) is 21.8. The highest BCUT2D eigenvalue weighted by Gasteiger charge is 2.37. The molecule has 0 saturated heterocycles. The Balaban J connectivity index is 1.41. The molecule has 1 aromatic carbocycles. The first-order chi connectivity index (χ1) is 14.9. The molecule has 1 amide bonds. The van der Waals surface area contributed by atoms with E-state index in [1.165, 1.54) is 16.9 Å². The SMILES string of the molecule is CCC(C)(C)C1CCc2c(sc3c2C(=O)NC(c2ccc(-c4ccccc4Cl)o2)N3)C1. The molecule has 0 spiro atoms. The van der Waals surface area contributed by atoms with Gasteiger partial charge in [-0.2, -0.15) is 0 Å². The van der Waals surface area contributed by atoms with Crippen molar-refractivity contribution in [3.63, 3.8) is 0 Å². The van der Waals surface area contributed by atoms with Crippen LogP contribution in [0.5, 0.6) is 0 Å². The third-order valence-corrected chi connectivity index (χ3v) is 8.63. The van der Waals surface area contributed by atoms with Crippen molar-refractivity contribution in [1.82, 2.24) is 5.32 Å². The van der Waals surface area contributed by atoms with E-state index in [0.29, 0.717) is 27.9 Å². The zero-order valence-electron chi connectivity index (χ0n) is 18.0. The highest BCUT2D eigenvalue weighted by Crippen LogP contribution is 2.47. The van der Waals surface area contributed by atoms with Crippen molar-refractivity contribution in [2.24, 2.45) is 11.3 Å². The van der Waals surface area contributed by atoms with Crippen molar-refractivity contribution in [2.45, 2.75) is 52.6 Å². The maximum absolute atomic E-state index is 13.1. The van der Waals surface area contributed by atoms with E-state index in [-0.39, 0.29) is 12.1 Å². The summed E-state index contributed by atoms with van der Waals surface area (Å²) in [5, 5.41) is 8.20. The summed E-state index contributed by atoms with van der Waals surface area (Å²) in [5.74, 6) is 2.01. The largest absolute Gasteiger partial charge is 0.457 e. The van der Waals surface area contributed by atoms with E-state index in [1.807, 2.05) is 36.4 Å². The van der Waals surface area contributed by atoms with E-state index >= 15 is 0 Å². The van der Waals surface area contributed by atoms with E-state index in [0.717, 1.165) is 35.4 Å². The lowest BCUT2D eigenvalue weighted by atomic mass is 9.69. The summed E-state index contributed by atoms with van der Waals surface area (Å²) >= 11 is 8.05. The number of furan rings is 1. The number of halogens is 1. The van der Waals surface area contributed by atoms with Crippen LogP contribution in [0.25, 0.3) is 11.3 Å². The second-order valence-electron chi connectivity index (χ2n) is 9.22. The lowest BCUT2D eigenvalue weighted by molar-refractivity contribution is 0.0930. The van der Waals surface area contributed by atoms with Gasteiger partial charge in [-0.05, 0) is 60.4 Å². The normalized spacial score (nSPS) is 20.6. The Morgan fingerprint density at radius 2 is 2.00 bits per heavy atom. The molecular weight excluding hydrogens is 428 g/mol. The van der Waals surface area contributed by atoms with E-state index in [2.05, 4.69) is 31.4 Å². The lowest BCUT2D eigenvalue weighted by Gasteiger charge is -2.36. The third kappa shape index (κ3) is 3.58. The van der Waals surface area contributed by atoms with Gasteiger partial charge >= 0.3 is 0 Å². The molecule has 5 rings (SSSR count). The summed E-state index contributed by atoms with van der Waals surface area (Å²) in [5.41, 5.74) is 3.24. The fourth-order valence-corrected chi connectivity index (χ4v) is 6.29. The number of amides is 1. The quantitative estimate of drug-likeness (QED) is 0.443. The van der Waals surface area contributed by atoms with Gasteiger partial charge in [0, 0.05) is 10.4 Å². The molecule has 3 heterocycles. The standard InChI is InChI=1S/C25H27ClN2O2S/c1-4-25(2,3)14-9-10-16-20(13-14)31-24-21(16)23(29)27-22(28-24)19-12-11-18(30-19)15-7-5-6-8-17(15)26/h5-8,11-12,14,22,28H,4,9-10,13H2,1-3H3,(H,27,29). The maximum Gasteiger partial charge on any atom is 0.256 e. The summed E-state index contributed by atoms with van der Waals surface area (Å²) in [6.45, 7) is 7.00. The minimum absolute atomic E-state index is 0.0138. The first-order valence-corrected chi connectivity index (χ1v) is 12.1. The minimum atomic E-state index is -0.390. The van der Waals surface area contributed by atoms with E-state index < -0.39 is 0 Å². The smallest absolute Gasteiger partial charge is 0.256 e. The number of hydrogen-bond donors (Lipinski definition) is 2. The van der Waals surface area contributed by atoms with Gasteiger partial charge in [-0.15, -0.1) is 11.3 Å². The Kier molecular flexibility index (Phi) is 5.14. The van der Waals surface area contributed by atoms with Crippen molar-refractivity contribution in [2.75, 3.05) is 5.32 Å². The van der Waals surface area contributed by atoms with E-state index in [4.69, 9.17) is 16.0 Å². The minimum Gasteiger partial charge on any atom is -0.457 e. The molecule has 1 aliphatic carbocycles. The molecule has 0 radical (unpaired) electrons. The first kappa shape index (κ1) is 20.7. The predicted octanol–water partition coefficient (Wildman–Crippen LogP) is 7.06. The Labute approximate surface area is 192 Å². The van der Waals surface area contributed by atoms with E-state index in [1.54, 1.807) is 11.3 Å². The number of carbonyl (C=O) groups excluding carboxylic acids is 1. The highest BCUT2D eigenvalue weighted by molar-refractivity contribution is 7.16. The van der Waals surface area contributed by atoms with Crippen LogP contribution in [0.1, 0.15) is 66.3 Å². The van der Waals surface area contributed by atoms with Gasteiger partial charge in [0.1, 0.15) is 16.5 Å². The maximum atomic E-state index is 13.1. The van der Waals surface area contributed by atoms with Crippen LogP contribution in [-0.4, -0.2) is 5.91 Å². The molecule has 2 aromatic heterocycles. The molecule has 162 valence electrons. The molecular formula is C25H27ClN2O2S. The Morgan fingerprint density at radius 1 is 1.19 bits per heavy atom. The van der Waals surface area contributed by atoms with Crippen LogP contribution < -0.4 is 10.6 Å². The fourth-order valence-electron chi connectivity index (χ4n) is 4.71. The van der Waals surface area contributed by atoms with Crippen LogP contribution in [0.2, 0.25) is 5.02 Å². The number of carbonyl (C=O) groups is 1. The summed E-state index contributed by atoms with van der Waals surface area (Å²) in [4.78, 5) is 14.4. The number of benzene rings is 1. The topological polar surface area (TPSA) is 54.3 Å². The van der Waals surface area contributed by atoms with Crippen LogP contribution in [0.15, 0.2) is 40.8 Å². The van der Waals surface area contributed by atoms with Gasteiger partial charge in [0.05, 0.1) is 10.6 Å². The van der Waals surface area contributed by atoms with Crippen molar-refractivity contribution >= 4 is 33.8 Å². The number of thiophene rings is 1. The fraction of sp³-hybridized carbons (Fsp3) is 0.400. The number of rotatable bonds is 4. The van der Waals surface area contributed by atoms with Crippen LogP contribution in [0.3, 0.4) is 0 Å². The molecule has 0 fully saturated rings. The highest BCUT2D eigenvalue weighted by atomic mass is 35.5. The van der Waals surface area contributed by atoms with Gasteiger partial charge in [0.15, 0.2) is 6.17 Å². The number of hydrogen-bond acceptors (Lipinski definition) is 4. The molecule has 0 bridgehead atoms. The van der Waals surface area contributed by atoms with Crippen molar-refractivity contribution in [3.05, 3.63) is 63.2 Å². The molecule has 4 nitrogen and oxygen atoms in total. The summed E-state index contributed by atoms with van der Waals surface area (Å²) in [7, 11) is 0. The van der Waals surface area contributed by atoms with Crippen molar-refractivity contribution in [1.29, 1.82) is 0 Å². The van der Waals surface area contributed by atoms with E-state index in [9.17, 15) is 4.79 Å². The molecule has 2 N–H and O–H groups in total. The summed E-state index contributed by atoms with van der Waals surface area (Å²) in [6, 6.07) is 11.4. The second-order valence-corrected chi connectivity index (χ2v) is 10.7. The Hall–Kier alpha value is -2.24. The van der Waals surface area contributed by atoms with Gasteiger partial charge in [-0.1, -0.05) is 50.9 Å². The van der Waals surface area contributed by atoms with Gasteiger partial charge in [-0.3, -0.25) is 4.79 Å². The third-order valence-electron chi connectivity index (χ3n) is 7.11. The molecule has 0 saturated carbocycles. The molecule has 3 aromatic rings. The molecule has 6 heteroatoms. The molecule has 2 aliphatic rings. The van der Waals surface area contributed by atoms with Crippen molar-refractivity contribution in [3.8, 4) is 11.3 Å². The zero-order valence-corrected chi connectivity index (χ0v) is 19.6. The molecule has 2 atom stereocenters. The van der Waals surface area contributed by atoms with Crippen molar-refractivity contribution < 1.29 is 9.21 Å². The Morgan fingerprint density at radius 3 is 2.77 bits per heavy atom. The van der Waals surface area contributed by atoms with Crippen LogP contribution in [0.4, 0.5) is 5.00 Å². The molecule has 2 unspecified atom stereocenters. The van der Waals surface area contributed by atoms with Crippen LogP contribution in [0, 0.1) is 11.3 Å². The monoisotopic (exact) mass is 454 g/mol. The molecule has 1 aliphatic heterocycles. The van der Waals surface area contributed by atoms with Crippen LogP contribution in [-0.2, 0) is 12.8 Å². The number of nitrogens with one attached hydrogen (secondary N) is 2. The second kappa shape index (κ2) is 7.72. The first-order valence-electron chi connectivity index (χ1n) is 10.9. The Bertz CT molecular complexity index is 1150. The van der Waals surface area contributed by atoms with Gasteiger partial charge in [-0.25, -0.2) is 0 Å². The van der Waals surface area contributed by atoms with Gasteiger partial charge < -0.3 is 15.1 Å². The predicted molar refractivity (Wildman–Crippen MR) is 127 cm³/mol. The lowest BCUT2D eigenvalue weighted by Crippen LogP contribution is -2.38. The van der Waals surface area contributed by atoms with Gasteiger partial charge in [0.2, 0.25) is 0 Å². The van der Waals surface area contributed by atoms with Crippen LogP contribution >= 0.6 is 22.9 Å². The average molecular weight is 455 g/mol. The number of anilines is 1. The number of fused-ring (bicyclic) bond motifs is 3. The summed E-state index contributed by atoms with van der Waals surface area (Å²) in [6.07, 6.45) is 3.97. The molecule has 31 heavy (non-hydrogen) atoms.